The molecule has 0 saturated heterocycles. The smallest absolute Gasteiger partial charge is 0.278 e. The highest BCUT2D eigenvalue weighted by Gasteiger charge is 2.20. The summed E-state index contributed by atoms with van der Waals surface area (Å²) in [5.74, 6) is 0.450. The fourth-order valence-electron chi connectivity index (χ4n) is 2.27. The normalized spacial score (nSPS) is 17.1. The van der Waals surface area contributed by atoms with E-state index in [2.05, 4.69) is 25.6 Å². The van der Waals surface area contributed by atoms with Crippen LogP contribution in [0.1, 0.15) is 38.3 Å². The fraction of sp³-hybridized carbons (Fsp3) is 0.769. The van der Waals surface area contributed by atoms with Gasteiger partial charge in [0.05, 0.1) is 6.04 Å². The standard InChI is InChI=1S/C13H22N4O3/c1-9(12(18)15-11-5-3-4-6-11)14-7-8-19-13-10(2)16-20-17-13/h9,11,14H,3-8H2,1-2H3,(H,15,18)/t9-/m1/s1. The maximum Gasteiger partial charge on any atom is 0.278 e. The van der Waals surface area contributed by atoms with Crippen molar-refractivity contribution < 1.29 is 14.2 Å². The van der Waals surface area contributed by atoms with Gasteiger partial charge in [0, 0.05) is 12.6 Å². The first-order valence-corrected chi connectivity index (χ1v) is 7.12. The number of aryl methyl sites for hydroxylation is 1. The number of ether oxygens (including phenoxy) is 1. The summed E-state index contributed by atoms with van der Waals surface area (Å²) in [6.07, 6.45) is 4.62. The van der Waals surface area contributed by atoms with E-state index in [1.807, 2.05) is 6.92 Å². The zero-order valence-electron chi connectivity index (χ0n) is 12.0. The number of amides is 1. The third-order valence-electron chi connectivity index (χ3n) is 3.50. The third-order valence-corrected chi connectivity index (χ3v) is 3.50. The molecule has 1 heterocycles. The van der Waals surface area contributed by atoms with Crippen molar-refractivity contribution in [3.05, 3.63) is 5.69 Å². The van der Waals surface area contributed by atoms with Crippen molar-refractivity contribution in [2.45, 2.75) is 51.6 Å². The first-order chi connectivity index (χ1) is 9.66. The molecule has 112 valence electrons. The predicted molar refractivity (Wildman–Crippen MR) is 72.4 cm³/mol. The van der Waals surface area contributed by atoms with Gasteiger partial charge in [0.25, 0.3) is 5.88 Å². The molecule has 0 aromatic carbocycles. The molecule has 2 rings (SSSR count). The highest BCUT2D eigenvalue weighted by Crippen LogP contribution is 2.17. The van der Waals surface area contributed by atoms with Crippen molar-refractivity contribution >= 4 is 5.91 Å². The molecule has 7 nitrogen and oxygen atoms in total. The Hall–Kier alpha value is -1.63. The average Bonchev–Trinajstić information content (AvgIpc) is 3.06. The van der Waals surface area contributed by atoms with Gasteiger partial charge in [-0.3, -0.25) is 4.79 Å². The van der Waals surface area contributed by atoms with Gasteiger partial charge in [-0.2, -0.15) is 0 Å². The summed E-state index contributed by atoms with van der Waals surface area (Å²) in [4.78, 5) is 11.9. The van der Waals surface area contributed by atoms with E-state index in [-0.39, 0.29) is 11.9 Å². The first-order valence-electron chi connectivity index (χ1n) is 7.12. The molecule has 1 aromatic heterocycles. The fourth-order valence-corrected chi connectivity index (χ4v) is 2.27. The van der Waals surface area contributed by atoms with Crippen molar-refractivity contribution in [1.29, 1.82) is 0 Å². The Bertz CT molecular complexity index is 429. The molecular formula is C13H22N4O3. The minimum absolute atomic E-state index is 0.0520. The molecule has 1 fully saturated rings. The molecule has 20 heavy (non-hydrogen) atoms. The minimum Gasteiger partial charge on any atom is -0.473 e. The van der Waals surface area contributed by atoms with Crippen LogP contribution in [0.5, 0.6) is 5.88 Å². The average molecular weight is 282 g/mol. The highest BCUT2D eigenvalue weighted by atomic mass is 16.6. The van der Waals surface area contributed by atoms with Gasteiger partial charge < -0.3 is 15.4 Å². The zero-order valence-corrected chi connectivity index (χ0v) is 12.0. The molecular weight excluding hydrogens is 260 g/mol. The second-order valence-corrected chi connectivity index (χ2v) is 5.17. The molecule has 0 unspecified atom stereocenters. The lowest BCUT2D eigenvalue weighted by molar-refractivity contribution is -0.123. The number of aromatic nitrogens is 2. The first kappa shape index (κ1) is 14.8. The van der Waals surface area contributed by atoms with Crippen LogP contribution < -0.4 is 15.4 Å². The molecule has 1 amide bonds. The molecule has 1 aromatic rings. The monoisotopic (exact) mass is 282 g/mol. The maximum atomic E-state index is 11.9. The number of hydrogen-bond donors (Lipinski definition) is 2. The van der Waals surface area contributed by atoms with Crippen LogP contribution in [0.25, 0.3) is 0 Å². The van der Waals surface area contributed by atoms with Gasteiger partial charge in [0.2, 0.25) is 5.91 Å². The van der Waals surface area contributed by atoms with E-state index in [1.165, 1.54) is 12.8 Å². The lowest BCUT2D eigenvalue weighted by Gasteiger charge is -2.17. The molecule has 0 spiro atoms. The summed E-state index contributed by atoms with van der Waals surface area (Å²) >= 11 is 0. The predicted octanol–water partition coefficient (Wildman–Crippen LogP) is 0.794. The molecule has 0 bridgehead atoms. The van der Waals surface area contributed by atoms with Crippen LogP contribution in [-0.4, -0.2) is 41.5 Å². The Labute approximate surface area is 118 Å². The van der Waals surface area contributed by atoms with Gasteiger partial charge in [-0.05, 0) is 31.8 Å². The van der Waals surface area contributed by atoms with Crippen molar-refractivity contribution in [1.82, 2.24) is 20.9 Å². The topological polar surface area (TPSA) is 89.3 Å². The van der Waals surface area contributed by atoms with Crippen molar-refractivity contribution in [2.75, 3.05) is 13.2 Å². The van der Waals surface area contributed by atoms with Crippen LogP contribution in [0.15, 0.2) is 4.63 Å². The van der Waals surface area contributed by atoms with Crippen LogP contribution in [-0.2, 0) is 4.79 Å². The SMILES string of the molecule is Cc1nonc1OCCN[C@H](C)C(=O)NC1CCCC1. The van der Waals surface area contributed by atoms with E-state index in [0.29, 0.717) is 30.8 Å². The second-order valence-electron chi connectivity index (χ2n) is 5.17. The van der Waals surface area contributed by atoms with E-state index in [0.717, 1.165) is 12.8 Å². The van der Waals surface area contributed by atoms with Crippen LogP contribution in [0, 0.1) is 6.92 Å². The number of nitrogens with one attached hydrogen (secondary N) is 2. The minimum atomic E-state index is -0.226. The van der Waals surface area contributed by atoms with Crippen molar-refractivity contribution in [3.63, 3.8) is 0 Å². The summed E-state index contributed by atoms with van der Waals surface area (Å²) in [6, 6.07) is 0.127. The van der Waals surface area contributed by atoms with Gasteiger partial charge in [-0.25, -0.2) is 4.63 Å². The quantitative estimate of drug-likeness (QED) is 0.719. The number of carbonyl (C=O) groups is 1. The van der Waals surface area contributed by atoms with E-state index in [9.17, 15) is 4.79 Å². The Morgan fingerprint density at radius 3 is 2.85 bits per heavy atom. The van der Waals surface area contributed by atoms with Gasteiger partial charge in [-0.1, -0.05) is 18.0 Å². The summed E-state index contributed by atoms with van der Waals surface area (Å²) in [6.45, 7) is 4.59. The Kier molecular flexibility index (Phi) is 5.34. The van der Waals surface area contributed by atoms with E-state index < -0.39 is 0 Å². The van der Waals surface area contributed by atoms with Gasteiger partial charge >= 0.3 is 0 Å². The maximum absolute atomic E-state index is 11.9. The third kappa shape index (κ3) is 4.19. The van der Waals surface area contributed by atoms with E-state index >= 15 is 0 Å². The highest BCUT2D eigenvalue weighted by molar-refractivity contribution is 5.81. The number of nitrogens with zero attached hydrogens (tertiary/aromatic N) is 2. The zero-order chi connectivity index (χ0) is 14.4. The van der Waals surface area contributed by atoms with Gasteiger partial charge in [-0.15, -0.1) is 0 Å². The molecule has 1 atom stereocenters. The molecule has 1 saturated carbocycles. The molecule has 7 heteroatoms. The molecule has 0 radical (unpaired) electrons. The molecule has 1 aliphatic rings. The molecule has 0 aliphatic heterocycles. The second kappa shape index (κ2) is 7.23. The van der Waals surface area contributed by atoms with Crippen LogP contribution in [0.3, 0.4) is 0 Å². The van der Waals surface area contributed by atoms with Crippen LogP contribution in [0.4, 0.5) is 0 Å². The van der Waals surface area contributed by atoms with Gasteiger partial charge in [0.15, 0.2) is 0 Å². The molecule has 2 N–H and O–H groups in total. The van der Waals surface area contributed by atoms with Crippen LogP contribution in [0.2, 0.25) is 0 Å². The van der Waals surface area contributed by atoms with E-state index in [4.69, 9.17) is 4.74 Å². The Balaban J connectivity index is 1.60. The number of carbonyl (C=O) groups excluding carboxylic acids is 1. The summed E-state index contributed by atoms with van der Waals surface area (Å²) < 4.78 is 9.91. The Morgan fingerprint density at radius 2 is 2.20 bits per heavy atom. The Morgan fingerprint density at radius 1 is 1.45 bits per heavy atom. The van der Waals surface area contributed by atoms with Gasteiger partial charge in [0.1, 0.15) is 12.3 Å². The number of rotatable bonds is 7. The largest absolute Gasteiger partial charge is 0.473 e. The number of hydrogen-bond acceptors (Lipinski definition) is 6. The lowest BCUT2D eigenvalue weighted by atomic mass is 10.2. The van der Waals surface area contributed by atoms with E-state index in [1.54, 1.807) is 6.92 Å². The lowest BCUT2D eigenvalue weighted by Crippen LogP contribution is -2.46. The summed E-state index contributed by atoms with van der Waals surface area (Å²) in [5.41, 5.74) is 0.622. The summed E-state index contributed by atoms with van der Waals surface area (Å²) in [7, 11) is 0. The molecule has 1 aliphatic carbocycles. The summed E-state index contributed by atoms with van der Waals surface area (Å²) in [5, 5.41) is 13.4. The van der Waals surface area contributed by atoms with Crippen LogP contribution >= 0.6 is 0 Å². The van der Waals surface area contributed by atoms with Crippen molar-refractivity contribution in [3.8, 4) is 5.88 Å². The van der Waals surface area contributed by atoms with Crippen molar-refractivity contribution in [2.24, 2.45) is 0 Å².